The Bertz CT molecular complexity index is 1390. The van der Waals surface area contributed by atoms with Crippen LogP contribution < -0.4 is 5.01 Å². The number of pyridine rings is 1. The second kappa shape index (κ2) is 8.39. The third-order valence-corrected chi connectivity index (χ3v) is 5.16. The van der Waals surface area contributed by atoms with Gasteiger partial charge in [0.25, 0.3) is 5.91 Å². The van der Waals surface area contributed by atoms with Gasteiger partial charge in [-0.25, -0.2) is 4.79 Å². The molecule has 0 spiro atoms. The average Bonchev–Trinajstić information content (AvgIpc) is 3.45. The number of hydrazone groups is 1. The third-order valence-electron chi connectivity index (χ3n) is 5.16. The summed E-state index contributed by atoms with van der Waals surface area (Å²) >= 11 is 0. The summed E-state index contributed by atoms with van der Waals surface area (Å²) in [6.07, 6.45) is 4.97. The second-order valence-corrected chi connectivity index (χ2v) is 7.28. The van der Waals surface area contributed by atoms with Crippen LogP contribution in [-0.2, 0) is 4.79 Å². The van der Waals surface area contributed by atoms with Crippen molar-refractivity contribution in [2.24, 2.45) is 5.10 Å². The maximum atomic E-state index is 13.3. The maximum Gasteiger partial charge on any atom is 0.335 e. The quantitative estimate of drug-likeness (QED) is 0.451. The number of anilines is 1. The van der Waals surface area contributed by atoms with Crippen LogP contribution >= 0.6 is 0 Å². The standard InChI is InChI=1S/C26H17N3O4/c30-25-22(16-21-10-11-23(33-21)17-6-8-19(9-7-17)26(31)32)24(18-12-14-27-15-13-18)28-29(25)20-4-2-1-3-5-20/h1-16H,(H,31,32). The van der Waals surface area contributed by atoms with E-state index >= 15 is 0 Å². The van der Waals surface area contributed by atoms with Crippen molar-refractivity contribution in [1.82, 2.24) is 4.98 Å². The van der Waals surface area contributed by atoms with Gasteiger partial charge in [-0.2, -0.15) is 10.1 Å². The SMILES string of the molecule is O=C(O)c1ccc(-c2ccc(C=C3C(=O)N(c4ccccc4)N=C3c3ccncc3)o2)cc1. The Morgan fingerprint density at radius 3 is 2.30 bits per heavy atom. The highest BCUT2D eigenvalue weighted by Crippen LogP contribution is 2.29. The molecule has 1 aliphatic heterocycles. The van der Waals surface area contributed by atoms with Crippen molar-refractivity contribution >= 4 is 29.4 Å². The number of hydrogen-bond donors (Lipinski definition) is 1. The van der Waals surface area contributed by atoms with Crippen LogP contribution in [0.2, 0.25) is 0 Å². The van der Waals surface area contributed by atoms with E-state index in [2.05, 4.69) is 10.1 Å². The van der Waals surface area contributed by atoms with E-state index in [4.69, 9.17) is 9.52 Å². The molecule has 0 fully saturated rings. The van der Waals surface area contributed by atoms with Crippen molar-refractivity contribution in [2.45, 2.75) is 0 Å². The van der Waals surface area contributed by atoms with Gasteiger partial charge >= 0.3 is 5.97 Å². The molecule has 160 valence electrons. The van der Waals surface area contributed by atoms with Gasteiger partial charge in [0.05, 0.1) is 16.8 Å². The molecule has 4 aromatic rings. The maximum absolute atomic E-state index is 13.3. The minimum atomic E-state index is -0.989. The van der Waals surface area contributed by atoms with Crippen molar-refractivity contribution < 1.29 is 19.1 Å². The van der Waals surface area contributed by atoms with Crippen molar-refractivity contribution in [2.75, 3.05) is 5.01 Å². The third kappa shape index (κ3) is 3.95. The highest BCUT2D eigenvalue weighted by molar-refractivity contribution is 6.37. The number of carbonyl (C=O) groups is 2. The fourth-order valence-corrected chi connectivity index (χ4v) is 3.52. The molecule has 0 radical (unpaired) electrons. The number of nitrogens with zero attached hydrogens (tertiary/aromatic N) is 3. The molecule has 0 bridgehead atoms. The number of para-hydroxylation sites is 1. The molecule has 2 aromatic carbocycles. The molecule has 0 saturated carbocycles. The van der Waals surface area contributed by atoms with Gasteiger partial charge in [0.2, 0.25) is 0 Å². The fourth-order valence-electron chi connectivity index (χ4n) is 3.52. The largest absolute Gasteiger partial charge is 0.478 e. The number of rotatable bonds is 5. The number of aromatic carboxylic acids is 1. The van der Waals surface area contributed by atoms with Crippen LogP contribution in [0.3, 0.4) is 0 Å². The van der Waals surface area contributed by atoms with E-state index < -0.39 is 5.97 Å². The topological polar surface area (TPSA) is 96.0 Å². The zero-order chi connectivity index (χ0) is 22.8. The molecular weight excluding hydrogens is 418 g/mol. The second-order valence-electron chi connectivity index (χ2n) is 7.28. The van der Waals surface area contributed by atoms with Crippen LogP contribution in [0.5, 0.6) is 0 Å². The number of hydrogen-bond acceptors (Lipinski definition) is 5. The molecule has 1 N–H and O–H groups in total. The molecule has 2 aromatic heterocycles. The molecule has 7 heteroatoms. The van der Waals surface area contributed by atoms with E-state index in [0.717, 1.165) is 11.1 Å². The summed E-state index contributed by atoms with van der Waals surface area (Å²) in [5.74, 6) is -0.215. The van der Waals surface area contributed by atoms with Gasteiger partial charge in [-0.15, -0.1) is 0 Å². The molecule has 5 rings (SSSR count). The van der Waals surface area contributed by atoms with Gasteiger partial charge in [-0.05, 0) is 54.6 Å². The van der Waals surface area contributed by atoms with Gasteiger partial charge in [-0.3, -0.25) is 9.78 Å². The van der Waals surface area contributed by atoms with Crippen LogP contribution in [0.25, 0.3) is 17.4 Å². The number of carboxylic acid groups (broad SMARTS) is 1. The predicted molar refractivity (Wildman–Crippen MR) is 124 cm³/mol. The van der Waals surface area contributed by atoms with Crippen LogP contribution in [0, 0.1) is 0 Å². The smallest absolute Gasteiger partial charge is 0.335 e. The normalized spacial score (nSPS) is 14.5. The lowest BCUT2D eigenvalue weighted by Gasteiger charge is -2.10. The van der Waals surface area contributed by atoms with Crippen molar-refractivity contribution in [3.05, 3.63) is 114 Å². The van der Waals surface area contributed by atoms with E-state index in [9.17, 15) is 9.59 Å². The number of amides is 1. The lowest BCUT2D eigenvalue weighted by Crippen LogP contribution is -2.21. The number of carboxylic acids is 1. The molecule has 0 saturated heterocycles. The molecule has 1 amide bonds. The molecule has 33 heavy (non-hydrogen) atoms. The van der Waals surface area contributed by atoms with Crippen molar-refractivity contribution in [3.8, 4) is 11.3 Å². The number of carbonyl (C=O) groups excluding carboxylic acids is 1. The van der Waals surface area contributed by atoms with Gasteiger partial charge in [0.1, 0.15) is 17.2 Å². The molecule has 0 aliphatic carbocycles. The summed E-state index contributed by atoms with van der Waals surface area (Å²) in [6, 6.07) is 22.7. The first-order valence-corrected chi connectivity index (χ1v) is 10.1. The molecule has 7 nitrogen and oxygen atoms in total. The first-order valence-electron chi connectivity index (χ1n) is 10.1. The first kappa shape index (κ1) is 20.1. The first-order chi connectivity index (χ1) is 16.1. The summed E-state index contributed by atoms with van der Waals surface area (Å²) in [6.45, 7) is 0. The molecule has 3 heterocycles. The summed E-state index contributed by atoms with van der Waals surface area (Å²) in [4.78, 5) is 28.4. The minimum Gasteiger partial charge on any atom is -0.478 e. The Kier molecular flexibility index (Phi) is 5.12. The predicted octanol–water partition coefficient (Wildman–Crippen LogP) is 4.87. The fraction of sp³-hybridized carbons (Fsp3) is 0. The zero-order valence-electron chi connectivity index (χ0n) is 17.3. The minimum absolute atomic E-state index is 0.198. The van der Waals surface area contributed by atoms with Gasteiger partial charge in [0.15, 0.2) is 0 Å². The highest BCUT2D eigenvalue weighted by atomic mass is 16.4. The molecule has 0 atom stereocenters. The summed E-state index contributed by atoms with van der Waals surface area (Å²) in [7, 11) is 0. The zero-order valence-corrected chi connectivity index (χ0v) is 17.3. The summed E-state index contributed by atoms with van der Waals surface area (Å²) < 4.78 is 5.94. The van der Waals surface area contributed by atoms with Crippen LogP contribution in [0.1, 0.15) is 21.7 Å². The number of aromatic nitrogens is 1. The highest BCUT2D eigenvalue weighted by Gasteiger charge is 2.32. The molecule has 1 aliphatic rings. The Balaban J connectivity index is 1.52. The monoisotopic (exact) mass is 435 g/mol. The van der Waals surface area contributed by atoms with Crippen LogP contribution in [0.15, 0.2) is 106 Å². The van der Waals surface area contributed by atoms with Crippen molar-refractivity contribution in [1.29, 1.82) is 0 Å². The van der Waals surface area contributed by atoms with Crippen LogP contribution in [0.4, 0.5) is 5.69 Å². The summed E-state index contributed by atoms with van der Waals surface area (Å²) in [5, 5.41) is 15.0. The van der Waals surface area contributed by atoms with E-state index in [0.29, 0.717) is 28.5 Å². The Morgan fingerprint density at radius 2 is 1.61 bits per heavy atom. The summed E-state index contributed by atoms with van der Waals surface area (Å²) in [5.41, 5.74) is 3.28. The van der Waals surface area contributed by atoms with Gasteiger partial charge < -0.3 is 9.52 Å². The van der Waals surface area contributed by atoms with Crippen molar-refractivity contribution in [3.63, 3.8) is 0 Å². The Morgan fingerprint density at radius 1 is 0.879 bits per heavy atom. The number of furan rings is 1. The Hall–Kier alpha value is -4.78. The molecule has 0 unspecified atom stereocenters. The Labute approximate surface area is 188 Å². The van der Waals surface area contributed by atoms with E-state index in [-0.39, 0.29) is 11.5 Å². The number of benzene rings is 2. The van der Waals surface area contributed by atoms with E-state index in [1.165, 1.54) is 17.1 Å². The van der Waals surface area contributed by atoms with Gasteiger partial charge in [0, 0.05) is 23.5 Å². The average molecular weight is 435 g/mol. The van der Waals surface area contributed by atoms with Gasteiger partial charge in [-0.1, -0.05) is 30.3 Å². The van der Waals surface area contributed by atoms with E-state index in [1.807, 2.05) is 30.3 Å². The lowest BCUT2D eigenvalue weighted by atomic mass is 10.0. The lowest BCUT2D eigenvalue weighted by molar-refractivity contribution is -0.114. The molecular formula is C26H17N3O4. The van der Waals surface area contributed by atoms with E-state index in [1.54, 1.807) is 54.9 Å². The van der Waals surface area contributed by atoms with Crippen LogP contribution in [-0.4, -0.2) is 27.7 Å².